The minimum Gasteiger partial charge on any atom is -0.377 e. The van der Waals surface area contributed by atoms with Crippen molar-refractivity contribution < 1.29 is 9.13 Å². The summed E-state index contributed by atoms with van der Waals surface area (Å²) in [4.78, 5) is 8.33. The molecule has 0 aliphatic heterocycles. The van der Waals surface area contributed by atoms with Gasteiger partial charge in [0.05, 0.1) is 10.0 Å². The first-order valence-electron chi connectivity index (χ1n) is 5.78. The number of rotatable bonds is 5. The molecule has 9 heteroatoms. The van der Waals surface area contributed by atoms with Crippen LogP contribution in [-0.4, -0.2) is 17.1 Å². The Labute approximate surface area is 130 Å². The molecule has 1 aromatic heterocycles. The molecule has 0 bridgehead atoms. The van der Waals surface area contributed by atoms with Gasteiger partial charge in [-0.1, -0.05) is 23.2 Å². The summed E-state index contributed by atoms with van der Waals surface area (Å²) in [7, 11) is 1.53. The van der Waals surface area contributed by atoms with Crippen molar-refractivity contribution in [1.82, 2.24) is 9.97 Å². The number of halogens is 3. The molecule has 1 aromatic carbocycles. The van der Waals surface area contributed by atoms with Gasteiger partial charge in [0.1, 0.15) is 18.2 Å². The van der Waals surface area contributed by atoms with Crippen molar-refractivity contribution in [2.75, 3.05) is 17.9 Å². The number of hydrogen-bond acceptors (Lipinski definition) is 6. The van der Waals surface area contributed by atoms with Gasteiger partial charge in [-0.15, -0.1) is 0 Å². The molecule has 0 spiro atoms. The summed E-state index contributed by atoms with van der Waals surface area (Å²) in [6.45, 7) is 0.217. The predicted octanol–water partition coefficient (Wildman–Crippen LogP) is 3.10. The Kier molecular flexibility index (Phi) is 5.13. The zero-order chi connectivity index (χ0) is 15.4. The van der Waals surface area contributed by atoms with Crippen LogP contribution in [0, 0.1) is 5.82 Å². The zero-order valence-corrected chi connectivity index (χ0v) is 12.5. The maximum atomic E-state index is 13.4. The highest BCUT2D eigenvalue weighted by Crippen LogP contribution is 2.29. The summed E-state index contributed by atoms with van der Waals surface area (Å²) in [6, 6.07) is 4.37. The number of aromatic nitrogens is 2. The quantitative estimate of drug-likeness (QED) is 0.443. The van der Waals surface area contributed by atoms with E-state index in [1.807, 2.05) is 0 Å². The van der Waals surface area contributed by atoms with Gasteiger partial charge in [-0.25, -0.2) is 20.2 Å². The summed E-state index contributed by atoms with van der Waals surface area (Å²) in [5, 5.41) is 2.77. The van der Waals surface area contributed by atoms with Crippen LogP contribution in [0.25, 0.3) is 0 Å². The highest BCUT2D eigenvalue weighted by molar-refractivity contribution is 6.35. The van der Waals surface area contributed by atoms with E-state index in [-0.39, 0.29) is 16.7 Å². The molecule has 0 aliphatic rings. The van der Waals surface area contributed by atoms with Crippen LogP contribution in [0.2, 0.25) is 10.0 Å². The van der Waals surface area contributed by atoms with Gasteiger partial charge in [-0.3, -0.25) is 0 Å². The number of nitrogens with two attached hydrogens (primary N) is 1. The lowest BCUT2D eigenvalue weighted by molar-refractivity contribution is 0.178. The molecule has 0 saturated carbocycles. The zero-order valence-electron chi connectivity index (χ0n) is 11.0. The SMILES string of the molecule is COCc1nc(NN)cc(Nc2cc(Cl)c(F)c(Cl)c2)n1. The molecule has 21 heavy (non-hydrogen) atoms. The second-order valence-corrected chi connectivity index (χ2v) is 4.83. The Balaban J connectivity index is 2.32. The van der Waals surface area contributed by atoms with Gasteiger partial charge >= 0.3 is 0 Å². The molecule has 0 unspecified atom stereocenters. The Morgan fingerprint density at radius 1 is 1.19 bits per heavy atom. The van der Waals surface area contributed by atoms with Gasteiger partial charge in [-0.05, 0) is 12.1 Å². The van der Waals surface area contributed by atoms with E-state index < -0.39 is 5.82 Å². The predicted molar refractivity (Wildman–Crippen MR) is 80.3 cm³/mol. The smallest absolute Gasteiger partial charge is 0.160 e. The van der Waals surface area contributed by atoms with E-state index in [9.17, 15) is 4.39 Å². The summed E-state index contributed by atoms with van der Waals surface area (Å²) >= 11 is 11.5. The van der Waals surface area contributed by atoms with Gasteiger partial charge in [0.15, 0.2) is 11.6 Å². The minimum atomic E-state index is -0.670. The molecule has 112 valence electrons. The van der Waals surface area contributed by atoms with E-state index in [1.165, 1.54) is 19.2 Å². The Hall–Kier alpha value is -1.67. The van der Waals surface area contributed by atoms with Crippen molar-refractivity contribution in [3.05, 3.63) is 39.9 Å². The van der Waals surface area contributed by atoms with Gasteiger partial charge in [0.25, 0.3) is 0 Å². The fourth-order valence-corrected chi connectivity index (χ4v) is 2.09. The third-order valence-electron chi connectivity index (χ3n) is 2.45. The van der Waals surface area contributed by atoms with Crippen LogP contribution >= 0.6 is 23.2 Å². The lowest BCUT2D eigenvalue weighted by atomic mass is 10.3. The molecule has 4 N–H and O–H groups in total. The van der Waals surface area contributed by atoms with Crippen molar-refractivity contribution in [3.63, 3.8) is 0 Å². The van der Waals surface area contributed by atoms with E-state index in [4.69, 9.17) is 33.8 Å². The normalized spacial score (nSPS) is 10.5. The van der Waals surface area contributed by atoms with Gasteiger partial charge in [0.2, 0.25) is 0 Å². The van der Waals surface area contributed by atoms with E-state index >= 15 is 0 Å². The number of nitrogens with zero attached hydrogens (tertiary/aromatic N) is 2. The second kappa shape index (κ2) is 6.86. The summed E-state index contributed by atoms with van der Waals surface area (Å²) in [5.41, 5.74) is 2.91. The number of hydrogen-bond donors (Lipinski definition) is 3. The molecule has 0 atom stereocenters. The average molecular weight is 332 g/mol. The molecule has 1 heterocycles. The first kappa shape index (κ1) is 15.7. The summed E-state index contributed by atoms with van der Waals surface area (Å²) in [6.07, 6.45) is 0. The maximum absolute atomic E-state index is 13.4. The molecule has 0 radical (unpaired) electrons. The van der Waals surface area contributed by atoms with E-state index in [0.717, 1.165) is 0 Å². The van der Waals surface area contributed by atoms with Crippen molar-refractivity contribution in [2.45, 2.75) is 6.61 Å². The molecule has 2 rings (SSSR count). The van der Waals surface area contributed by atoms with Crippen molar-refractivity contribution >= 4 is 40.5 Å². The maximum Gasteiger partial charge on any atom is 0.160 e. The summed E-state index contributed by atoms with van der Waals surface area (Å²) in [5.74, 6) is 5.94. The molecule has 0 amide bonds. The molecule has 0 aliphatic carbocycles. The second-order valence-electron chi connectivity index (χ2n) is 4.01. The van der Waals surface area contributed by atoms with Crippen molar-refractivity contribution in [2.24, 2.45) is 5.84 Å². The number of ether oxygens (including phenoxy) is 1. The van der Waals surface area contributed by atoms with Crippen LogP contribution < -0.4 is 16.6 Å². The van der Waals surface area contributed by atoms with Crippen LogP contribution in [0.1, 0.15) is 5.82 Å². The third-order valence-corrected chi connectivity index (χ3v) is 3.00. The first-order chi connectivity index (χ1) is 10.0. The van der Waals surface area contributed by atoms with Crippen molar-refractivity contribution in [1.29, 1.82) is 0 Å². The fraction of sp³-hybridized carbons (Fsp3) is 0.167. The van der Waals surface area contributed by atoms with Gasteiger partial charge < -0.3 is 15.5 Å². The minimum absolute atomic E-state index is 0.0895. The van der Waals surface area contributed by atoms with Crippen LogP contribution in [0.4, 0.5) is 21.7 Å². The standard InChI is InChI=1S/C12H12Cl2FN5O/c1-21-5-11-18-9(4-10(19-11)20-16)17-6-2-7(13)12(15)8(14)3-6/h2-4H,5,16H2,1H3,(H2,17,18,19,20). The lowest BCUT2D eigenvalue weighted by Crippen LogP contribution is -2.11. The van der Waals surface area contributed by atoms with Crippen LogP contribution in [0.5, 0.6) is 0 Å². The number of methoxy groups -OCH3 is 1. The third kappa shape index (κ3) is 3.92. The molecule has 0 fully saturated rings. The number of nitrogen functional groups attached to an aromatic ring is 1. The first-order valence-corrected chi connectivity index (χ1v) is 6.54. The van der Waals surface area contributed by atoms with E-state index in [2.05, 4.69) is 20.7 Å². The number of nitrogens with one attached hydrogen (secondary N) is 2. The lowest BCUT2D eigenvalue weighted by Gasteiger charge is -2.10. The molecule has 0 saturated heterocycles. The Morgan fingerprint density at radius 2 is 1.81 bits per heavy atom. The fourth-order valence-electron chi connectivity index (χ4n) is 1.60. The highest BCUT2D eigenvalue weighted by Gasteiger charge is 2.09. The molecule has 2 aromatic rings. The van der Waals surface area contributed by atoms with E-state index in [1.54, 1.807) is 6.07 Å². The molecular formula is C12H12Cl2FN5O. The van der Waals surface area contributed by atoms with E-state index in [0.29, 0.717) is 23.1 Å². The van der Waals surface area contributed by atoms with Crippen molar-refractivity contribution in [3.8, 4) is 0 Å². The monoisotopic (exact) mass is 331 g/mol. The highest BCUT2D eigenvalue weighted by atomic mass is 35.5. The summed E-state index contributed by atoms with van der Waals surface area (Å²) < 4.78 is 18.3. The largest absolute Gasteiger partial charge is 0.377 e. The average Bonchev–Trinajstić information content (AvgIpc) is 2.44. The molecular weight excluding hydrogens is 320 g/mol. The van der Waals surface area contributed by atoms with Crippen LogP contribution in [0.3, 0.4) is 0 Å². The van der Waals surface area contributed by atoms with Crippen LogP contribution in [-0.2, 0) is 11.3 Å². The topological polar surface area (TPSA) is 85.1 Å². The Morgan fingerprint density at radius 3 is 2.38 bits per heavy atom. The number of anilines is 3. The van der Waals surface area contributed by atoms with Gasteiger partial charge in [-0.2, -0.15) is 0 Å². The van der Waals surface area contributed by atoms with Crippen LogP contribution in [0.15, 0.2) is 18.2 Å². The van der Waals surface area contributed by atoms with Gasteiger partial charge in [0, 0.05) is 18.9 Å². The Bertz CT molecular complexity index is 633. The number of hydrazine groups is 1. The number of benzene rings is 1. The molecule has 6 nitrogen and oxygen atoms in total.